The van der Waals surface area contributed by atoms with Crippen molar-refractivity contribution in [3.05, 3.63) is 53.4 Å². The molecular weight excluding hydrogens is 331 g/mol. The topological polar surface area (TPSA) is 60.8 Å². The summed E-state index contributed by atoms with van der Waals surface area (Å²) in [5.74, 6) is 2.18. The summed E-state index contributed by atoms with van der Waals surface area (Å²) in [6.45, 7) is 0.975. The fourth-order valence-corrected chi connectivity index (χ4v) is 2.19. The van der Waals surface area contributed by atoms with Gasteiger partial charge in [-0.15, -0.1) is 12.4 Å². The van der Waals surface area contributed by atoms with Crippen molar-refractivity contribution in [1.29, 1.82) is 0 Å². The number of nitrogens with zero attached hydrogens (tertiary/aromatic N) is 1. The molecule has 0 amide bonds. The Morgan fingerprint density at radius 3 is 2.81 bits per heavy atom. The smallest absolute Gasteiger partial charge is 0.154 e. The number of benzene rings is 1. The van der Waals surface area contributed by atoms with Crippen LogP contribution in [0.15, 0.2) is 52.1 Å². The molecule has 1 aromatic heterocycles. The standard InChI is InChI=1S/C14H15ClN2O2S.ClH/c15-12-5-1-2-6-13(12)19-8-9-20-14(16)17-10-11-4-3-7-18-11;/h1-7H,8-10H2,(H2,16,17);1H. The lowest BCUT2D eigenvalue weighted by atomic mass is 10.3. The van der Waals surface area contributed by atoms with Gasteiger partial charge in [-0.1, -0.05) is 35.5 Å². The molecule has 2 N–H and O–H groups in total. The third-order valence-corrected chi connectivity index (χ3v) is 3.51. The highest BCUT2D eigenvalue weighted by Gasteiger charge is 2.00. The fourth-order valence-electron chi connectivity index (χ4n) is 1.46. The van der Waals surface area contributed by atoms with Gasteiger partial charge in [0.1, 0.15) is 11.5 Å². The molecule has 21 heavy (non-hydrogen) atoms. The molecular formula is C14H16Cl2N2O2S. The van der Waals surface area contributed by atoms with Crippen LogP contribution in [0.25, 0.3) is 0 Å². The zero-order chi connectivity index (χ0) is 14.2. The fraction of sp³-hybridized carbons (Fsp3) is 0.214. The summed E-state index contributed by atoms with van der Waals surface area (Å²) in [5, 5.41) is 1.13. The molecule has 1 heterocycles. The number of hydrogen-bond donors (Lipinski definition) is 1. The maximum atomic E-state index is 5.98. The molecule has 0 fully saturated rings. The van der Waals surface area contributed by atoms with E-state index in [0.29, 0.717) is 34.8 Å². The molecule has 0 saturated heterocycles. The van der Waals surface area contributed by atoms with E-state index >= 15 is 0 Å². The Bertz CT molecular complexity index is 562. The minimum atomic E-state index is 0. The normalized spacial score (nSPS) is 11.0. The van der Waals surface area contributed by atoms with Crippen molar-refractivity contribution in [2.24, 2.45) is 10.7 Å². The second kappa shape index (κ2) is 9.60. The first-order valence-corrected chi connectivity index (χ1v) is 7.44. The van der Waals surface area contributed by atoms with Gasteiger partial charge in [0.05, 0.1) is 24.4 Å². The van der Waals surface area contributed by atoms with Crippen LogP contribution in [0.3, 0.4) is 0 Å². The maximum absolute atomic E-state index is 5.98. The lowest BCUT2D eigenvalue weighted by Gasteiger charge is -2.07. The number of para-hydroxylation sites is 1. The van der Waals surface area contributed by atoms with Gasteiger partial charge < -0.3 is 14.9 Å². The molecule has 2 rings (SSSR count). The summed E-state index contributed by atoms with van der Waals surface area (Å²) in [4.78, 5) is 4.21. The lowest BCUT2D eigenvalue weighted by molar-refractivity contribution is 0.344. The minimum absolute atomic E-state index is 0. The Kier molecular flexibility index (Phi) is 8.12. The van der Waals surface area contributed by atoms with Crippen molar-refractivity contribution >= 4 is 40.9 Å². The van der Waals surface area contributed by atoms with Crippen LogP contribution in [-0.4, -0.2) is 17.5 Å². The van der Waals surface area contributed by atoms with Crippen molar-refractivity contribution in [2.45, 2.75) is 6.54 Å². The van der Waals surface area contributed by atoms with Crippen molar-refractivity contribution in [3.63, 3.8) is 0 Å². The predicted molar refractivity (Wildman–Crippen MR) is 90.7 cm³/mol. The number of hydrogen-bond acceptors (Lipinski definition) is 4. The molecule has 0 aliphatic carbocycles. The molecule has 0 unspecified atom stereocenters. The van der Waals surface area contributed by atoms with Gasteiger partial charge >= 0.3 is 0 Å². The number of amidine groups is 1. The zero-order valence-corrected chi connectivity index (χ0v) is 13.6. The lowest BCUT2D eigenvalue weighted by Crippen LogP contribution is -2.11. The number of nitrogens with two attached hydrogens (primary N) is 1. The summed E-state index contributed by atoms with van der Waals surface area (Å²) in [7, 11) is 0. The van der Waals surface area contributed by atoms with Crippen LogP contribution in [0.1, 0.15) is 5.76 Å². The van der Waals surface area contributed by atoms with Crippen molar-refractivity contribution in [1.82, 2.24) is 0 Å². The Hall–Kier alpha value is -1.30. The Morgan fingerprint density at radius 1 is 1.29 bits per heavy atom. The van der Waals surface area contributed by atoms with E-state index in [2.05, 4.69) is 4.99 Å². The largest absolute Gasteiger partial charge is 0.491 e. The van der Waals surface area contributed by atoms with E-state index in [-0.39, 0.29) is 12.4 Å². The number of ether oxygens (including phenoxy) is 1. The van der Waals surface area contributed by atoms with Crippen molar-refractivity contribution < 1.29 is 9.15 Å². The van der Waals surface area contributed by atoms with Crippen LogP contribution in [-0.2, 0) is 6.54 Å². The van der Waals surface area contributed by atoms with E-state index in [1.54, 1.807) is 12.3 Å². The zero-order valence-electron chi connectivity index (χ0n) is 11.2. The molecule has 0 saturated carbocycles. The van der Waals surface area contributed by atoms with Crippen LogP contribution in [0.2, 0.25) is 5.02 Å². The van der Waals surface area contributed by atoms with Gasteiger partial charge in [0.15, 0.2) is 5.17 Å². The number of rotatable bonds is 6. The molecule has 0 bridgehead atoms. The molecule has 7 heteroatoms. The van der Waals surface area contributed by atoms with Crippen LogP contribution < -0.4 is 10.5 Å². The molecule has 114 valence electrons. The average Bonchev–Trinajstić information content (AvgIpc) is 2.96. The van der Waals surface area contributed by atoms with E-state index in [1.807, 2.05) is 30.3 Å². The summed E-state index contributed by atoms with van der Waals surface area (Å²) < 4.78 is 10.7. The third kappa shape index (κ3) is 6.33. The second-order valence-corrected chi connectivity index (χ2v) is 5.38. The second-order valence-electron chi connectivity index (χ2n) is 3.86. The molecule has 1 aromatic carbocycles. The molecule has 0 aliphatic rings. The Morgan fingerprint density at radius 2 is 2.10 bits per heavy atom. The van der Waals surface area contributed by atoms with Crippen LogP contribution >= 0.6 is 35.8 Å². The average molecular weight is 347 g/mol. The third-order valence-electron chi connectivity index (χ3n) is 2.40. The van der Waals surface area contributed by atoms with Gasteiger partial charge in [0, 0.05) is 5.75 Å². The summed E-state index contributed by atoms with van der Waals surface area (Å²) in [6, 6.07) is 11.1. The van der Waals surface area contributed by atoms with Crippen molar-refractivity contribution in [3.8, 4) is 5.75 Å². The number of halogens is 2. The SMILES string of the molecule is Cl.NC(=NCc1ccco1)SCCOc1ccccc1Cl. The minimum Gasteiger partial charge on any atom is -0.491 e. The van der Waals surface area contributed by atoms with E-state index < -0.39 is 0 Å². The van der Waals surface area contributed by atoms with Gasteiger partial charge in [-0.05, 0) is 24.3 Å². The highest BCUT2D eigenvalue weighted by molar-refractivity contribution is 8.13. The first kappa shape index (κ1) is 17.8. The van der Waals surface area contributed by atoms with Gasteiger partial charge in [-0.25, -0.2) is 0 Å². The van der Waals surface area contributed by atoms with E-state index in [0.717, 1.165) is 5.76 Å². The summed E-state index contributed by atoms with van der Waals surface area (Å²) in [5.41, 5.74) is 5.79. The van der Waals surface area contributed by atoms with Gasteiger partial charge in [0.25, 0.3) is 0 Å². The number of aliphatic imine (C=N–C) groups is 1. The van der Waals surface area contributed by atoms with Crippen LogP contribution in [0.4, 0.5) is 0 Å². The summed E-state index contributed by atoms with van der Waals surface area (Å²) >= 11 is 7.42. The molecule has 4 nitrogen and oxygen atoms in total. The first-order valence-electron chi connectivity index (χ1n) is 6.08. The first-order chi connectivity index (χ1) is 9.75. The van der Waals surface area contributed by atoms with Gasteiger partial charge in [-0.2, -0.15) is 0 Å². The van der Waals surface area contributed by atoms with Crippen LogP contribution in [0, 0.1) is 0 Å². The van der Waals surface area contributed by atoms with Gasteiger partial charge in [0.2, 0.25) is 0 Å². The summed E-state index contributed by atoms with van der Waals surface area (Å²) in [6.07, 6.45) is 1.62. The molecule has 2 aromatic rings. The van der Waals surface area contributed by atoms with Crippen LogP contribution in [0.5, 0.6) is 5.75 Å². The van der Waals surface area contributed by atoms with E-state index in [1.165, 1.54) is 11.8 Å². The number of thioether (sulfide) groups is 1. The Labute approximate surface area is 139 Å². The van der Waals surface area contributed by atoms with E-state index in [9.17, 15) is 0 Å². The van der Waals surface area contributed by atoms with Crippen molar-refractivity contribution in [2.75, 3.05) is 12.4 Å². The Balaban J connectivity index is 0.00000220. The predicted octanol–water partition coefficient (Wildman–Crippen LogP) is 3.98. The van der Waals surface area contributed by atoms with E-state index in [4.69, 9.17) is 26.5 Å². The quantitative estimate of drug-likeness (QED) is 0.488. The highest BCUT2D eigenvalue weighted by Crippen LogP contribution is 2.23. The monoisotopic (exact) mass is 346 g/mol. The molecule has 0 spiro atoms. The molecule has 0 aliphatic heterocycles. The van der Waals surface area contributed by atoms with Gasteiger partial charge in [-0.3, -0.25) is 4.99 Å². The highest BCUT2D eigenvalue weighted by atomic mass is 35.5. The molecule has 0 atom stereocenters. The number of furan rings is 1. The maximum Gasteiger partial charge on any atom is 0.154 e. The molecule has 0 radical (unpaired) electrons.